The third-order valence-electron chi connectivity index (χ3n) is 3.63. The van der Waals surface area contributed by atoms with Gasteiger partial charge in [0.05, 0.1) is 65.6 Å². The second kappa shape index (κ2) is 22.8. The van der Waals surface area contributed by atoms with E-state index in [0.717, 1.165) is 45.1 Å². The van der Waals surface area contributed by atoms with Gasteiger partial charge in [0.15, 0.2) is 0 Å². The highest BCUT2D eigenvalue weighted by Crippen LogP contribution is 2.04. The number of hydrogen-bond donors (Lipinski definition) is 2. The molecule has 1 atom stereocenters. The molecule has 0 aromatic rings. The van der Waals surface area contributed by atoms with Crippen molar-refractivity contribution in [2.45, 2.75) is 51.6 Å². The van der Waals surface area contributed by atoms with E-state index in [1.807, 2.05) is 0 Å². The van der Waals surface area contributed by atoms with Crippen LogP contribution in [0.15, 0.2) is 0 Å². The molecule has 158 valence electrons. The molecule has 0 radical (unpaired) electrons. The van der Waals surface area contributed by atoms with Crippen molar-refractivity contribution in [2.75, 3.05) is 72.7 Å². The molecule has 0 aromatic heterocycles. The van der Waals surface area contributed by atoms with Gasteiger partial charge in [0, 0.05) is 13.2 Å². The smallest absolute Gasteiger partial charge is 0.0773 e. The van der Waals surface area contributed by atoms with Crippen LogP contribution in [0, 0.1) is 0 Å². The zero-order valence-electron chi connectivity index (χ0n) is 16.5. The molecule has 0 rings (SSSR count). The Balaban J connectivity index is 3.10. The molecule has 0 aromatic carbocycles. The lowest BCUT2D eigenvalue weighted by Gasteiger charge is -2.11. The van der Waals surface area contributed by atoms with Gasteiger partial charge in [-0.1, -0.05) is 26.2 Å². The van der Waals surface area contributed by atoms with E-state index >= 15 is 0 Å². The van der Waals surface area contributed by atoms with Gasteiger partial charge in [0.1, 0.15) is 0 Å². The van der Waals surface area contributed by atoms with Crippen molar-refractivity contribution < 1.29 is 33.9 Å². The van der Waals surface area contributed by atoms with Gasteiger partial charge in [-0.25, -0.2) is 0 Å². The molecule has 7 heteroatoms. The third kappa shape index (κ3) is 21.8. The van der Waals surface area contributed by atoms with Crippen molar-refractivity contribution in [1.82, 2.24) is 0 Å². The van der Waals surface area contributed by atoms with E-state index < -0.39 is 6.10 Å². The summed E-state index contributed by atoms with van der Waals surface area (Å²) in [5, 5.41) is 18.4. The van der Waals surface area contributed by atoms with Crippen molar-refractivity contribution in [2.24, 2.45) is 0 Å². The van der Waals surface area contributed by atoms with Crippen LogP contribution in [-0.2, 0) is 23.7 Å². The summed E-state index contributed by atoms with van der Waals surface area (Å²) in [6.07, 6.45) is 5.58. The molecule has 0 fully saturated rings. The lowest BCUT2D eigenvalue weighted by Crippen LogP contribution is -2.17. The van der Waals surface area contributed by atoms with Crippen molar-refractivity contribution in [3.05, 3.63) is 0 Å². The molecule has 26 heavy (non-hydrogen) atoms. The molecular formula is C19H40O7. The first-order chi connectivity index (χ1) is 12.8. The van der Waals surface area contributed by atoms with Gasteiger partial charge in [-0.05, 0) is 19.3 Å². The molecule has 0 aliphatic heterocycles. The summed E-state index contributed by atoms with van der Waals surface area (Å²) in [4.78, 5) is 0. The van der Waals surface area contributed by atoms with Gasteiger partial charge >= 0.3 is 0 Å². The highest BCUT2D eigenvalue weighted by atomic mass is 16.5. The normalized spacial score (nSPS) is 12.6. The molecule has 0 saturated carbocycles. The van der Waals surface area contributed by atoms with E-state index in [4.69, 9.17) is 28.8 Å². The van der Waals surface area contributed by atoms with Gasteiger partial charge in [0.2, 0.25) is 0 Å². The maximum Gasteiger partial charge on any atom is 0.0773 e. The first kappa shape index (κ1) is 25.7. The van der Waals surface area contributed by atoms with Gasteiger partial charge in [-0.15, -0.1) is 0 Å². The zero-order chi connectivity index (χ0) is 19.1. The van der Waals surface area contributed by atoms with E-state index in [0.29, 0.717) is 59.5 Å². The highest BCUT2D eigenvalue weighted by Gasteiger charge is 2.04. The Morgan fingerprint density at radius 3 is 1.77 bits per heavy atom. The average Bonchev–Trinajstić information content (AvgIpc) is 2.64. The van der Waals surface area contributed by atoms with Crippen LogP contribution in [-0.4, -0.2) is 89.0 Å². The van der Waals surface area contributed by atoms with Crippen LogP contribution in [0.3, 0.4) is 0 Å². The number of ether oxygens (including phenoxy) is 5. The lowest BCUT2D eigenvalue weighted by molar-refractivity contribution is -0.000438. The topological polar surface area (TPSA) is 86.6 Å². The number of unbranched alkanes of at least 4 members (excludes halogenated alkanes) is 3. The fourth-order valence-electron chi connectivity index (χ4n) is 2.14. The van der Waals surface area contributed by atoms with Crippen molar-refractivity contribution >= 4 is 0 Å². The van der Waals surface area contributed by atoms with Crippen LogP contribution in [0.4, 0.5) is 0 Å². The summed E-state index contributed by atoms with van der Waals surface area (Å²) in [7, 11) is 0. The molecule has 0 spiro atoms. The summed E-state index contributed by atoms with van der Waals surface area (Å²) >= 11 is 0. The van der Waals surface area contributed by atoms with E-state index in [1.54, 1.807) is 0 Å². The number of hydrogen-bond acceptors (Lipinski definition) is 7. The third-order valence-corrected chi connectivity index (χ3v) is 3.63. The maximum atomic E-state index is 9.83. The minimum absolute atomic E-state index is 0.0429. The minimum Gasteiger partial charge on any atom is -0.394 e. The maximum absolute atomic E-state index is 9.83. The summed E-state index contributed by atoms with van der Waals surface area (Å²) in [5.74, 6) is 0. The molecule has 0 aliphatic rings. The Morgan fingerprint density at radius 1 is 0.615 bits per heavy atom. The van der Waals surface area contributed by atoms with Crippen LogP contribution in [0.2, 0.25) is 0 Å². The SMILES string of the molecule is CCCCOCCOCC(O)CCCCCOCCOCCOCCO. The fraction of sp³-hybridized carbons (Fsp3) is 1.00. The average molecular weight is 381 g/mol. The molecule has 0 aliphatic carbocycles. The standard InChI is InChI=1S/C19H40O7/c1-2-3-9-22-16-17-26-18-19(21)7-5-4-6-10-23-12-14-25-15-13-24-11-8-20/h19-21H,2-18H2,1H3. The number of aliphatic hydroxyl groups excluding tert-OH is 2. The van der Waals surface area contributed by atoms with Gasteiger partial charge in [-0.3, -0.25) is 0 Å². The Morgan fingerprint density at radius 2 is 1.15 bits per heavy atom. The Bertz CT molecular complexity index is 254. The van der Waals surface area contributed by atoms with Crippen LogP contribution >= 0.6 is 0 Å². The Kier molecular flexibility index (Phi) is 22.5. The van der Waals surface area contributed by atoms with Crippen molar-refractivity contribution in [3.8, 4) is 0 Å². The predicted molar refractivity (Wildman–Crippen MR) is 101 cm³/mol. The van der Waals surface area contributed by atoms with Gasteiger partial charge in [-0.2, -0.15) is 0 Å². The molecule has 1 unspecified atom stereocenters. The highest BCUT2D eigenvalue weighted by molar-refractivity contribution is 4.54. The van der Waals surface area contributed by atoms with Crippen LogP contribution in [0.5, 0.6) is 0 Å². The van der Waals surface area contributed by atoms with E-state index in [-0.39, 0.29) is 6.61 Å². The van der Waals surface area contributed by atoms with Gasteiger partial charge in [0.25, 0.3) is 0 Å². The minimum atomic E-state index is -0.395. The molecule has 0 bridgehead atoms. The number of aliphatic hydroxyl groups is 2. The summed E-state index contributed by atoms with van der Waals surface area (Å²) in [6, 6.07) is 0. The molecule has 2 N–H and O–H groups in total. The Labute approximate surface area is 158 Å². The molecule has 0 amide bonds. The largest absolute Gasteiger partial charge is 0.394 e. The molecule has 0 heterocycles. The van der Waals surface area contributed by atoms with Gasteiger partial charge < -0.3 is 33.9 Å². The monoisotopic (exact) mass is 380 g/mol. The van der Waals surface area contributed by atoms with E-state index in [2.05, 4.69) is 6.92 Å². The fourth-order valence-corrected chi connectivity index (χ4v) is 2.14. The predicted octanol–water partition coefficient (Wildman–Crippen LogP) is 1.78. The summed E-state index contributed by atoms with van der Waals surface area (Å²) < 4.78 is 26.7. The van der Waals surface area contributed by atoms with Crippen LogP contribution in [0.1, 0.15) is 45.4 Å². The van der Waals surface area contributed by atoms with Crippen LogP contribution in [0.25, 0.3) is 0 Å². The van der Waals surface area contributed by atoms with Crippen molar-refractivity contribution in [1.29, 1.82) is 0 Å². The molecule has 0 saturated heterocycles. The lowest BCUT2D eigenvalue weighted by atomic mass is 10.1. The van der Waals surface area contributed by atoms with Crippen molar-refractivity contribution in [3.63, 3.8) is 0 Å². The van der Waals surface area contributed by atoms with Crippen LogP contribution < -0.4 is 0 Å². The van der Waals surface area contributed by atoms with E-state index in [9.17, 15) is 5.11 Å². The summed E-state index contributed by atoms with van der Waals surface area (Å²) in [6.45, 7) is 7.72. The molecule has 7 nitrogen and oxygen atoms in total. The quantitative estimate of drug-likeness (QED) is 0.277. The first-order valence-corrected chi connectivity index (χ1v) is 9.98. The first-order valence-electron chi connectivity index (χ1n) is 9.98. The second-order valence-electron chi connectivity index (χ2n) is 6.10. The second-order valence-corrected chi connectivity index (χ2v) is 6.10. The zero-order valence-corrected chi connectivity index (χ0v) is 16.5. The van der Waals surface area contributed by atoms with E-state index in [1.165, 1.54) is 0 Å². The molecular weight excluding hydrogens is 340 g/mol. The Hall–Kier alpha value is -0.280. The summed E-state index contributed by atoms with van der Waals surface area (Å²) in [5.41, 5.74) is 0. The number of rotatable bonds is 22.